The van der Waals surface area contributed by atoms with Crippen LogP contribution in [0.25, 0.3) is 0 Å². The van der Waals surface area contributed by atoms with Gasteiger partial charge in [0.25, 0.3) is 5.56 Å². The van der Waals surface area contributed by atoms with Gasteiger partial charge >= 0.3 is 0 Å². The third-order valence-electron chi connectivity index (χ3n) is 5.79. The lowest BCUT2D eigenvalue weighted by atomic mass is 9.83. The normalized spacial score (nSPS) is 22.3. The summed E-state index contributed by atoms with van der Waals surface area (Å²) in [5.41, 5.74) is 2.32. The molecule has 1 N–H and O–H groups in total. The Hall–Kier alpha value is -2.37. The molecule has 5 nitrogen and oxygen atoms in total. The van der Waals surface area contributed by atoms with Gasteiger partial charge in [-0.25, -0.2) is 0 Å². The molecule has 0 aliphatic carbocycles. The number of piperidine rings is 1. The number of rotatable bonds is 7. The third-order valence-corrected chi connectivity index (χ3v) is 5.79. The minimum absolute atomic E-state index is 0.104. The van der Waals surface area contributed by atoms with E-state index in [9.17, 15) is 9.90 Å². The molecule has 3 heterocycles. The number of hydrogen-bond donors (Lipinski definition) is 1. The summed E-state index contributed by atoms with van der Waals surface area (Å²) in [6.45, 7) is 7.23. The first-order valence-corrected chi connectivity index (χ1v) is 10.1. The summed E-state index contributed by atoms with van der Waals surface area (Å²) in [6.07, 6.45) is 3.18. The second-order valence-electron chi connectivity index (χ2n) is 7.98. The number of fused-ring (bicyclic) bond motifs is 4. The zero-order valence-electron chi connectivity index (χ0n) is 16.2. The molecule has 1 fully saturated rings. The number of aromatic nitrogens is 1. The molecule has 2 aliphatic rings. The summed E-state index contributed by atoms with van der Waals surface area (Å²) >= 11 is 0. The van der Waals surface area contributed by atoms with Crippen molar-refractivity contribution < 1.29 is 9.84 Å². The van der Waals surface area contributed by atoms with Crippen molar-refractivity contribution in [2.24, 2.45) is 5.92 Å². The first-order chi connectivity index (χ1) is 13.6. The van der Waals surface area contributed by atoms with Crippen LogP contribution in [0, 0.1) is 5.92 Å². The SMILES string of the molecule is C=CCc1ccccc1OC[C@@H](O)CN1C[C@H]2C[C@H](C1)c1cccc(=O)n1C2. The van der Waals surface area contributed by atoms with Gasteiger partial charge in [0.2, 0.25) is 0 Å². The molecule has 148 valence electrons. The number of β-amino-alcohol motifs (C(OH)–C–C–N with tert-alkyl or cyclic N) is 1. The fraction of sp³-hybridized carbons (Fsp3) is 0.435. The summed E-state index contributed by atoms with van der Waals surface area (Å²) in [5, 5.41) is 10.5. The summed E-state index contributed by atoms with van der Waals surface area (Å²) in [4.78, 5) is 14.5. The van der Waals surface area contributed by atoms with Crippen molar-refractivity contribution in [3.8, 4) is 5.75 Å². The van der Waals surface area contributed by atoms with E-state index >= 15 is 0 Å². The average Bonchev–Trinajstić information content (AvgIpc) is 2.68. The molecule has 4 rings (SSSR count). The van der Waals surface area contributed by atoms with Crippen molar-refractivity contribution in [2.45, 2.75) is 31.4 Å². The van der Waals surface area contributed by atoms with E-state index in [1.165, 1.54) is 0 Å². The molecule has 0 unspecified atom stereocenters. The molecular weight excluding hydrogens is 352 g/mol. The first-order valence-electron chi connectivity index (χ1n) is 10.1. The van der Waals surface area contributed by atoms with Crippen LogP contribution in [-0.4, -0.2) is 46.9 Å². The van der Waals surface area contributed by atoms with E-state index in [0.717, 1.165) is 49.5 Å². The number of pyridine rings is 1. The Morgan fingerprint density at radius 3 is 2.89 bits per heavy atom. The smallest absolute Gasteiger partial charge is 0.250 e. The standard InChI is InChI=1S/C23H28N2O3/c1-2-6-18-7-3-4-9-22(18)28-16-20(26)15-24-12-17-11-19(14-24)21-8-5-10-23(27)25(21)13-17/h2-5,7-10,17,19-20,26H,1,6,11-16H2/t17-,19-,20+/m1/s1. The number of allylic oxidation sites excluding steroid dienone is 1. The summed E-state index contributed by atoms with van der Waals surface area (Å²) in [6, 6.07) is 13.5. The highest BCUT2D eigenvalue weighted by Gasteiger charge is 2.34. The van der Waals surface area contributed by atoms with E-state index in [2.05, 4.69) is 17.5 Å². The molecule has 5 heteroatoms. The fourth-order valence-electron chi connectivity index (χ4n) is 4.65. The van der Waals surface area contributed by atoms with Crippen LogP contribution in [0.1, 0.15) is 23.6 Å². The molecule has 0 saturated carbocycles. The summed E-state index contributed by atoms with van der Waals surface area (Å²) in [7, 11) is 0. The Kier molecular flexibility index (Phi) is 5.64. The number of aliphatic hydroxyl groups is 1. The number of nitrogens with zero attached hydrogens (tertiary/aromatic N) is 2. The fourth-order valence-corrected chi connectivity index (χ4v) is 4.65. The van der Waals surface area contributed by atoms with E-state index in [4.69, 9.17) is 4.74 Å². The van der Waals surface area contributed by atoms with Gasteiger partial charge in [0.1, 0.15) is 18.5 Å². The van der Waals surface area contributed by atoms with Gasteiger partial charge in [-0.2, -0.15) is 0 Å². The molecule has 1 aromatic carbocycles. The highest BCUT2D eigenvalue weighted by atomic mass is 16.5. The maximum Gasteiger partial charge on any atom is 0.250 e. The second kappa shape index (κ2) is 8.33. The lowest BCUT2D eigenvalue weighted by Crippen LogP contribution is -2.49. The Morgan fingerprint density at radius 1 is 1.18 bits per heavy atom. The zero-order valence-corrected chi connectivity index (χ0v) is 16.2. The van der Waals surface area contributed by atoms with Crippen molar-refractivity contribution in [1.82, 2.24) is 9.47 Å². The maximum absolute atomic E-state index is 12.1. The lowest BCUT2D eigenvalue weighted by molar-refractivity contribution is 0.0382. The lowest BCUT2D eigenvalue weighted by Gasteiger charge is -2.43. The maximum atomic E-state index is 12.1. The molecule has 28 heavy (non-hydrogen) atoms. The van der Waals surface area contributed by atoms with E-state index in [0.29, 0.717) is 18.4 Å². The van der Waals surface area contributed by atoms with Crippen LogP contribution in [0.4, 0.5) is 0 Å². The third kappa shape index (κ3) is 4.05. The van der Waals surface area contributed by atoms with Crippen LogP contribution in [0.3, 0.4) is 0 Å². The van der Waals surface area contributed by atoms with Gasteiger partial charge in [-0.3, -0.25) is 9.69 Å². The summed E-state index contributed by atoms with van der Waals surface area (Å²) < 4.78 is 7.83. The number of ether oxygens (including phenoxy) is 1. The van der Waals surface area contributed by atoms with Gasteiger partial charge < -0.3 is 14.4 Å². The van der Waals surface area contributed by atoms with Crippen LogP contribution in [0.15, 0.2) is 59.9 Å². The minimum Gasteiger partial charge on any atom is -0.491 e. The Bertz CT molecular complexity index is 891. The number of aliphatic hydroxyl groups excluding tert-OH is 1. The van der Waals surface area contributed by atoms with Crippen molar-refractivity contribution >= 4 is 0 Å². The van der Waals surface area contributed by atoms with Gasteiger partial charge in [-0.1, -0.05) is 30.3 Å². The topological polar surface area (TPSA) is 54.7 Å². The van der Waals surface area contributed by atoms with Crippen LogP contribution in [-0.2, 0) is 13.0 Å². The molecule has 3 atom stereocenters. The van der Waals surface area contributed by atoms with Crippen molar-refractivity contribution in [3.05, 3.63) is 76.7 Å². The van der Waals surface area contributed by atoms with Crippen LogP contribution < -0.4 is 10.3 Å². The molecule has 2 bridgehead atoms. The van der Waals surface area contributed by atoms with Gasteiger partial charge in [-0.05, 0) is 36.5 Å². The molecule has 0 radical (unpaired) electrons. The average molecular weight is 380 g/mol. The highest BCUT2D eigenvalue weighted by molar-refractivity contribution is 5.34. The van der Waals surface area contributed by atoms with Crippen molar-refractivity contribution in [2.75, 3.05) is 26.2 Å². The summed E-state index contributed by atoms with van der Waals surface area (Å²) in [5.74, 6) is 1.64. The largest absolute Gasteiger partial charge is 0.491 e. The number of benzene rings is 1. The number of para-hydroxylation sites is 1. The quantitative estimate of drug-likeness (QED) is 0.750. The number of hydrogen-bond acceptors (Lipinski definition) is 4. The molecule has 2 aromatic rings. The highest BCUT2D eigenvalue weighted by Crippen LogP contribution is 2.34. The first kappa shape index (κ1) is 19.0. The van der Waals surface area contributed by atoms with Crippen LogP contribution in [0.5, 0.6) is 5.75 Å². The molecule has 0 amide bonds. The van der Waals surface area contributed by atoms with E-state index < -0.39 is 6.10 Å². The predicted molar refractivity (Wildman–Crippen MR) is 110 cm³/mol. The molecule has 2 aliphatic heterocycles. The van der Waals surface area contributed by atoms with Gasteiger partial charge in [0, 0.05) is 43.9 Å². The van der Waals surface area contributed by atoms with Crippen LogP contribution in [0.2, 0.25) is 0 Å². The minimum atomic E-state index is -0.548. The van der Waals surface area contributed by atoms with E-state index in [1.807, 2.05) is 41.0 Å². The van der Waals surface area contributed by atoms with Gasteiger partial charge in [0.15, 0.2) is 0 Å². The monoisotopic (exact) mass is 380 g/mol. The Morgan fingerprint density at radius 2 is 2.04 bits per heavy atom. The molecule has 1 aromatic heterocycles. The number of likely N-dealkylation sites (tertiary alicyclic amines) is 1. The van der Waals surface area contributed by atoms with Crippen molar-refractivity contribution in [3.63, 3.8) is 0 Å². The van der Waals surface area contributed by atoms with Gasteiger partial charge in [-0.15, -0.1) is 6.58 Å². The second-order valence-corrected chi connectivity index (χ2v) is 7.98. The predicted octanol–water partition coefficient (Wildman–Crippen LogP) is 2.44. The van der Waals surface area contributed by atoms with Gasteiger partial charge in [0.05, 0.1) is 0 Å². The van der Waals surface area contributed by atoms with Crippen molar-refractivity contribution in [1.29, 1.82) is 0 Å². The molecule has 0 spiro atoms. The Labute approximate surface area is 165 Å². The Balaban J connectivity index is 1.36. The van der Waals surface area contributed by atoms with E-state index in [1.54, 1.807) is 6.07 Å². The molecular formula is C23H28N2O3. The van der Waals surface area contributed by atoms with Crippen LogP contribution >= 0.6 is 0 Å². The van der Waals surface area contributed by atoms with E-state index in [-0.39, 0.29) is 12.2 Å². The molecule has 1 saturated heterocycles. The zero-order chi connectivity index (χ0) is 19.5.